The number of hydrogen-bond acceptors (Lipinski definition) is 5. The number of methoxy groups -OCH3 is 1. The predicted octanol–water partition coefficient (Wildman–Crippen LogP) is 2.83. The lowest BCUT2D eigenvalue weighted by atomic mass is 9.72. The minimum Gasteiger partial charge on any atom is -0.466 e. The van der Waals surface area contributed by atoms with Crippen molar-refractivity contribution in [1.29, 1.82) is 5.26 Å². The van der Waals surface area contributed by atoms with Crippen LogP contribution in [0.2, 0.25) is 0 Å². The van der Waals surface area contributed by atoms with E-state index in [0.717, 1.165) is 41.6 Å². The summed E-state index contributed by atoms with van der Waals surface area (Å²) in [7, 11) is 1.30. The Morgan fingerprint density at radius 3 is 2.29 bits per heavy atom. The van der Waals surface area contributed by atoms with E-state index in [1.165, 1.54) is 12.0 Å². The van der Waals surface area contributed by atoms with Gasteiger partial charge in [-0.25, -0.2) is 4.79 Å². The molecule has 2 heterocycles. The van der Waals surface area contributed by atoms with Crippen LogP contribution in [0.3, 0.4) is 0 Å². The Morgan fingerprint density at radius 1 is 1.10 bits per heavy atom. The average Bonchev–Trinajstić information content (AvgIpc) is 3.54. The summed E-state index contributed by atoms with van der Waals surface area (Å²) < 4.78 is 5.16. The second kappa shape index (κ2) is 7.51. The van der Waals surface area contributed by atoms with Gasteiger partial charge < -0.3 is 15.0 Å². The van der Waals surface area contributed by atoms with Gasteiger partial charge in [0.15, 0.2) is 0 Å². The fourth-order valence-corrected chi connectivity index (χ4v) is 5.86. The highest BCUT2D eigenvalue weighted by molar-refractivity contribution is 5.94. The van der Waals surface area contributed by atoms with Crippen molar-refractivity contribution in [2.45, 2.75) is 36.8 Å². The molecular weight excluding hydrogens is 390 g/mol. The molecule has 2 saturated heterocycles. The number of nitriles is 1. The van der Waals surface area contributed by atoms with E-state index in [1.807, 2.05) is 24.3 Å². The van der Waals surface area contributed by atoms with Crippen molar-refractivity contribution in [3.05, 3.63) is 59.7 Å². The van der Waals surface area contributed by atoms with Gasteiger partial charge in [-0.1, -0.05) is 48.5 Å². The number of esters is 1. The third-order valence-electron chi connectivity index (χ3n) is 7.20. The number of carbonyl (C=O) groups is 2. The molecule has 1 amide bonds. The van der Waals surface area contributed by atoms with Crippen molar-refractivity contribution in [3.8, 4) is 17.2 Å². The molecule has 5 rings (SSSR count). The molecule has 0 saturated carbocycles. The number of nitrogens with one attached hydrogen (secondary N) is 1. The number of rotatable bonds is 3. The van der Waals surface area contributed by atoms with Gasteiger partial charge in [-0.15, -0.1) is 0 Å². The standard InChI is InChI=1S/C25H25N3O3/c1-31-24(30)25(15-26)20(12-14-28(25)23(29)21-11-6-13-27-21)22-18-9-4-2-7-16(18)17-8-3-5-10-19(17)22/h2-5,7-10,20-22,27H,6,11-14H2,1H3/t20?,21-,25?/m0/s1. The van der Waals surface area contributed by atoms with Crippen LogP contribution in [0.4, 0.5) is 0 Å². The molecule has 0 spiro atoms. The average molecular weight is 415 g/mol. The zero-order chi connectivity index (χ0) is 21.6. The Morgan fingerprint density at radius 2 is 1.74 bits per heavy atom. The Hall–Kier alpha value is -3.17. The summed E-state index contributed by atoms with van der Waals surface area (Å²) in [5.41, 5.74) is 2.81. The van der Waals surface area contributed by atoms with E-state index in [2.05, 4.69) is 35.7 Å². The summed E-state index contributed by atoms with van der Waals surface area (Å²) in [4.78, 5) is 28.1. The van der Waals surface area contributed by atoms with Crippen LogP contribution in [0.15, 0.2) is 48.5 Å². The highest BCUT2D eigenvalue weighted by Gasteiger charge is 2.62. The molecular formula is C25H25N3O3. The molecule has 1 aliphatic carbocycles. The molecule has 0 radical (unpaired) electrons. The monoisotopic (exact) mass is 415 g/mol. The fourth-order valence-electron chi connectivity index (χ4n) is 5.86. The molecule has 2 aliphatic heterocycles. The summed E-state index contributed by atoms with van der Waals surface area (Å²) in [6.45, 7) is 1.14. The smallest absolute Gasteiger partial charge is 0.347 e. The number of ether oxygens (including phenoxy) is 1. The summed E-state index contributed by atoms with van der Waals surface area (Å²) in [6, 6.07) is 18.2. The van der Waals surface area contributed by atoms with Crippen LogP contribution in [0.5, 0.6) is 0 Å². The first-order chi connectivity index (χ1) is 15.1. The Kier molecular flexibility index (Phi) is 4.79. The highest BCUT2D eigenvalue weighted by atomic mass is 16.5. The number of fused-ring (bicyclic) bond motifs is 3. The molecule has 2 fully saturated rings. The summed E-state index contributed by atoms with van der Waals surface area (Å²) in [5.74, 6) is -1.36. The lowest BCUT2D eigenvalue weighted by Gasteiger charge is -2.37. The quantitative estimate of drug-likeness (QED) is 0.780. The molecule has 0 bridgehead atoms. The minimum atomic E-state index is -1.65. The molecule has 3 aliphatic rings. The van der Waals surface area contributed by atoms with Gasteiger partial charge in [0.2, 0.25) is 11.4 Å². The van der Waals surface area contributed by atoms with Crippen molar-refractivity contribution in [2.24, 2.45) is 5.92 Å². The zero-order valence-electron chi connectivity index (χ0n) is 17.5. The third-order valence-corrected chi connectivity index (χ3v) is 7.20. The summed E-state index contributed by atoms with van der Waals surface area (Å²) in [5, 5.41) is 13.7. The van der Waals surface area contributed by atoms with Gasteiger partial charge in [0.05, 0.1) is 13.2 Å². The van der Waals surface area contributed by atoms with Gasteiger partial charge in [-0.05, 0) is 48.1 Å². The van der Waals surface area contributed by atoms with E-state index in [0.29, 0.717) is 13.0 Å². The van der Waals surface area contributed by atoms with E-state index < -0.39 is 11.5 Å². The molecule has 6 nitrogen and oxygen atoms in total. The molecule has 158 valence electrons. The molecule has 2 aromatic carbocycles. The second-order valence-corrected chi connectivity index (χ2v) is 8.56. The summed E-state index contributed by atoms with van der Waals surface area (Å²) in [6.07, 6.45) is 2.20. The van der Waals surface area contributed by atoms with Crippen molar-refractivity contribution < 1.29 is 14.3 Å². The van der Waals surface area contributed by atoms with Crippen LogP contribution in [0.25, 0.3) is 11.1 Å². The maximum absolute atomic E-state index is 13.4. The lowest BCUT2D eigenvalue weighted by molar-refractivity contribution is -0.158. The highest BCUT2D eigenvalue weighted by Crippen LogP contribution is 2.54. The van der Waals surface area contributed by atoms with Crippen LogP contribution >= 0.6 is 0 Å². The molecule has 6 heteroatoms. The van der Waals surface area contributed by atoms with E-state index in [1.54, 1.807) is 0 Å². The molecule has 0 aromatic heterocycles. The Balaban J connectivity index is 1.64. The normalized spacial score (nSPS) is 26.9. The van der Waals surface area contributed by atoms with Crippen molar-refractivity contribution in [2.75, 3.05) is 20.2 Å². The molecule has 2 aromatic rings. The number of nitrogens with zero attached hydrogens (tertiary/aromatic N) is 2. The Labute approximate surface area is 181 Å². The lowest BCUT2D eigenvalue weighted by Crippen LogP contribution is -2.60. The van der Waals surface area contributed by atoms with Gasteiger partial charge in [0, 0.05) is 18.4 Å². The minimum absolute atomic E-state index is 0.152. The molecule has 31 heavy (non-hydrogen) atoms. The van der Waals surface area contributed by atoms with E-state index >= 15 is 0 Å². The molecule has 3 atom stereocenters. The number of benzene rings is 2. The van der Waals surface area contributed by atoms with Gasteiger partial charge in [0.1, 0.15) is 6.07 Å². The van der Waals surface area contributed by atoms with Crippen LogP contribution in [0.1, 0.15) is 36.3 Å². The maximum atomic E-state index is 13.4. The third kappa shape index (κ3) is 2.73. The first-order valence-corrected chi connectivity index (χ1v) is 10.9. The fraction of sp³-hybridized carbons (Fsp3) is 0.400. The van der Waals surface area contributed by atoms with Crippen molar-refractivity contribution >= 4 is 11.9 Å². The van der Waals surface area contributed by atoms with E-state index in [4.69, 9.17) is 4.74 Å². The first kappa shape index (κ1) is 19.8. The number of likely N-dealkylation sites (tertiary alicyclic amines) is 1. The Bertz CT molecular complexity index is 1040. The molecule has 1 N–H and O–H groups in total. The zero-order valence-corrected chi connectivity index (χ0v) is 17.5. The van der Waals surface area contributed by atoms with E-state index in [-0.39, 0.29) is 23.8 Å². The number of amides is 1. The van der Waals surface area contributed by atoms with Crippen LogP contribution < -0.4 is 5.32 Å². The predicted molar refractivity (Wildman–Crippen MR) is 115 cm³/mol. The van der Waals surface area contributed by atoms with Crippen LogP contribution in [-0.4, -0.2) is 48.6 Å². The summed E-state index contributed by atoms with van der Waals surface area (Å²) >= 11 is 0. The molecule has 2 unspecified atom stereocenters. The SMILES string of the molecule is COC(=O)C1(C#N)C(C2c3ccccc3-c3ccccc32)CCN1C(=O)[C@@H]1CCCN1. The first-order valence-electron chi connectivity index (χ1n) is 10.9. The van der Waals surface area contributed by atoms with Gasteiger partial charge >= 0.3 is 5.97 Å². The number of hydrogen-bond donors (Lipinski definition) is 1. The van der Waals surface area contributed by atoms with Gasteiger partial charge in [-0.3, -0.25) is 4.79 Å². The van der Waals surface area contributed by atoms with Crippen LogP contribution in [-0.2, 0) is 14.3 Å². The second-order valence-electron chi connectivity index (χ2n) is 8.56. The van der Waals surface area contributed by atoms with Crippen molar-refractivity contribution in [1.82, 2.24) is 10.2 Å². The van der Waals surface area contributed by atoms with E-state index in [9.17, 15) is 14.9 Å². The van der Waals surface area contributed by atoms with Gasteiger partial charge in [0.25, 0.3) is 0 Å². The van der Waals surface area contributed by atoms with Crippen molar-refractivity contribution in [3.63, 3.8) is 0 Å². The topological polar surface area (TPSA) is 82.4 Å². The van der Waals surface area contributed by atoms with Crippen LogP contribution in [0, 0.1) is 17.2 Å². The number of carbonyl (C=O) groups excluding carboxylic acids is 2. The van der Waals surface area contributed by atoms with Gasteiger partial charge in [-0.2, -0.15) is 5.26 Å². The largest absolute Gasteiger partial charge is 0.466 e. The maximum Gasteiger partial charge on any atom is 0.347 e.